The number of hydrogen-bond donors (Lipinski definition) is 2. The molecule has 5 nitrogen and oxygen atoms in total. The number of rotatable bonds is 12. The van der Waals surface area contributed by atoms with E-state index in [9.17, 15) is 4.79 Å². The van der Waals surface area contributed by atoms with Crippen LogP contribution in [0.3, 0.4) is 0 Å². The van der Waals surface area contributed by atoms with Crippen molar-refractivity contribution in [2.24, 2.45) is 5.73 Å². The second-order valence-electron chi connectivity index (χ2n) is 6.69. The fourth-order valence-electron chi connectivity index (χ4n) is 2.89. The van der Waals surface area contributed by atoms with E-state index in [0.29, 0.717) is 12.4 Å². The molecule has 0 aliphatic heterocycles. The van der Waals surface area contributed by atoms with Gasteiger partial charge in [0, 0.05) is 6.54 Å². The molecule has 0 saturated heterocycles. The minimum atomic E-state index is -0.467. The maximum atomic E-state index is 12.1. The van der Waals surface area contributed by atoms with Crippen molar-refractivity contribution in [3.8, 4) is 0 Å². The van der Waals surface area contributed by atoms with Crippen LogP contribution in [0.5, 0.6) is 0 Å². The van der Waals surface area contributed by atoms with Crippen LogP contribution in [0.15, 0.2) is 41.0 Å². The lowest BCUT2D eigenvalue weighted by Gasteiger charge is -2.06. The van der Waals surface area contributed by atoms with E-state index in [0.717, 1.165) is 18.4 Å². The van der Waals surface area contributed by atoms with Gasteiger partial charge >= 0.3 is 0 Å². The Morgan fingerprint density at radius 3 is 2.42 bits per heavy atom. The molecule has 1 unspecified atom stereocenters. The standard InChI is InChI=1S/C21H31N3O2/c1-2-3-4-5-6-7-8-12-15-23-20(25)18-16-26-21(24-18)19(22)17-13-10-9-11-14-17/h9-11,13-14,16,19H,2-8,12,15,22H2,1H3,(H,23,25). The molecule has 142 valence electrons. The van der Waals surface area contributed by atoms with Crippen LogP contribution >= 0.6 is 0 Å². The van der Waals surface area contributed by atoms with Gasteiger partial charge in [-0.3, -0.25) is 4.79 Å². The summed E-state index contributed by atoms with van der Waals surface area (Å²) >= 11 is 0. The molecule has 26 heavy (non-hydrogen) atoms. The first-order chi connectivity index (χ1) is 12.7. The molecule has 1 aromatic heterocycles. The van der Waals surface area contributed by atoms with Gasteiger partial charge in [-0.05, 0) is 12.0 Å². The third-order valence-electron chi connectivity index (χ3n) is 4.50. The molecule has 3 N–H and O–H groups in total. The monoisotopic (exact) mass is 357 g/mol. The van der Waals surface area contributed by atoms with Gasteiger partial charge in [-0.15, -0.1) is 0 Å². The topological polar surface area (TPSA) is 81.2 Å². The van der Waals surface area contributed by atoms with Crippen molar-refractivity contribution in [3.05, 3.63) is 53.7 Å². The number of nitrogens with two attached hydrogens (primary N) is 1. The molecular weight excluding hydrogens is 326 g/mol. The van der Waals surface area contributed by atoms with Gasteiger partial charge in [-0.2, -0.15) is 0 Å². The average Bonchev–Trinajstić information content (AvgIpc) is 3.17. The van der Waals surface area contributed by atoms with Crippen LogP contribution in [0.4, 0.5) is 0 Å². The molecule has 1 atom stereocenters. The first-order valence-electron chi connectivity index (χ1n) is 9.76. The van der Waals surface area contributed by atoms with Crippen LogP contribution in [-0.2, 0) is 0 Å². The van der Waals surface area contributed by atoms with E-state index in [1.54, 1.807) is 0 Å². The molecule has 0 saturated carbocycles. The van der Waals surface area contributed by atoms with Crippen LogP contribution in [0, 0.1) is 0 Å². The van der Waals surface area contributed by atoms with E-state index in [-0.39, 0.29) is 11.6 Å². The second kappa shape index (κ2) is 11.5. The van der Waals surface area contributed by atoms with E-state index in [1.807, 2.05) is 30.3 Å². The number of nitrogens with zero attached hydrogens (tertiary/aromatic N) is 1. The largest absolute Gasteiger partial charge is 0.446 e. The Balaban J connectivity index is 1.66. The molecule has 0 spiro atoms. The number of hydrogen-bond acceptors (Lipinski definition) is 4. The third-order valence-corrected chi connectivity index (χ3v) is 4.50. The molecule has 1 heterocycles. The number of oxazole rings is 1. The lowest BCUT2D eigenvalue weighted by atomic mass is 10.1. The number of nitrogens with one attached hydrogen (secondary N) is 1. The van der Waals surface area contributed by atoms with Gasteiger partial charge in [0.25, 0.3) is 5.91 Å². The Morgan fingerprint density at radius 1 is 1.08 bits per heavy atom. The Kier molecular flexibility index (Phi) is 8.90. The normalized spacial score (nSPS) is 12.1. The zero-order valence-electron chi connectivity index (χ0n) is 15.7. The summed E-state index contributed by atoms with van der Waals surface area (Å²) in [4.78, 5) is 16.4. The van der Waals surface area contributed by atoms with Crippen molar-refractivity contribution in [1.82, 2.24) is 10.3 Å². The van der Waals surface area contributed by atoms with Gasteiger partial charge in [0.2, 0.25) is 5.89 Å². The van der Waals surface area contributed by atoms with E-state index < -0.39 is 6.04 Å². The molecule has 0 radical (unpaired) electrons. The maximum absolute atomic E-state index is 12.1. The highest BCUT2D eigenvalue weighted by Crippen LogP contribution is 2.18. The molecule has 2 rings (SSSR count). The molecule has 0 aliphatic rings. The van der Waals surface area contributed by atoms with Crippen LogP contribution in [0.25, 0.3) is 0 Å². The highest BCUT2D eigenvalue weighted by atomic mass is 16.3. The van der Waals surface area contributed by atoms with Crippen LogP contribution in [0.2, 0.25) is 0 Å². The number of unbranched alkanes of at least 4 members (excludes halogenated alkanes) is 7. The first-order valence-corrected chi connectivity index (χ1v) is 9.76. The van der Waals surface area contributed by atoms with Gasteiger partial charge in [-0.25, -0.2) is 4.98 Å². The molecule has 0 fully saturated rings. The predicted molar refractivity (Wildman–Crippen MR) is 104 cm³/mol. The zero-order chi connectivity index (χ0) is 18.6. The molecule has 1 amide bonds. The van der Waals surface area contributed by atoms with E-state index in [4.69, 9.17) is 10.2 Å². The number of carbonyl (C=O) groups excluding carboxylic acids is 1. The van der Waals surface area contributed by atoms with Gasteiger partial charge < -0.3 is 15.5 Å². The second-order valence-corrected chi connectivity index (χ2v) is 6.69. The van der Waals surface area contributed by atoms with E-state index >= 15 is 0 Å². The molecule has 0 bridgehead atoms. The van der Waals surface area contributed by atoms with Crippen LogP contribution in [-0.4, -0.2) is 17.4 Å². The lowest BCUT2D eigenvalue weighted by molar-refractivity contribution is 0.0948. The van der Waals surface area contributed by atoms with E-state index in [2.05, 4.69) is 17.2 Å². The summed E-state index contributed by atoms with van der Waals surface area (Å²) in [6, 6.07) is 9.11. The number of benzene rings is 1. The quantitative estimate of drug-likeness (QED) is 0.544. The molecule has 5 heteroatoms. The van der Waals surface area contributed by atoms with Gasteiger partial charge in [0.1, 0.15) is 12.3 Å². The fourth-order valence-corrected chi connectivity index (χ4v) is 2.89. The SMILES string of the molecule is CCCCCCCCCCNC(=O)c1coc(C(N)c2ccccc2)n1. The number of carbonyl (C=O) groups is 1. The summed E-state index contributed by atoms with van der Waals surface area (Å²) in [5, 5.41) is 2.90. The smallest absolute Gasteiger partial charge is 0.273 e. The van der Waals surface area contributed by atoms with Crippen molar-refractivity contribution >= 4 is 5.91 Å². The molecule has 2 aromatic rings. The number of amides is 1. The molecule has 0 aliphatic carbocycles. The summed E-state index contributed by atoms with van der Waals surface area (Å²) in [5.74, 6) is 0.150. The van der Waals surface area contributed by atoms with Gasteiger partial charge in [0.15, 0.2) is 5.69 Å². The maximum Gasteiger partial charge on any atom is 0.273 e. The van der Waals surface area contributed by atoms with Crippen LogP contribution in [0.1, 0.15) is 86.3 Å². The summed E-state index contributed by atoms with van der Waals surface area (Å²) in [7, 11) is 0. The highest BCUT2D eigenvalue weighted by molar-refractivity contribution is 5.91. The van der Waals surface area contributed by atoms with E-state index in [1.165, 1.54) is 44.8 Å². The minimum absolute atomic E-state index is 0.205. The van der Waals surface area contributed by atoms with Crippen molar-refractivity contribution in [3.63, 3.8) is 0 Å². The summed E-state index contributed by atoms with van der Waals surface area (Å²) in [6.45, 7) is 2.90. The number of aromatic nitrogens is 1. The van der Waals surface area contributed by atoms with Crippen LogP contribution < -0.4 is 11.1 Å². The minimum Gasteiger partial charge on any atom is -0.446 e. The summed E-state index contributed by atoms with van der Waals surface area (Å²) < 4.78 is 5.40. The first kappa shape index (κ1) is 20.2. The van der Waals surface area contributed by atoms with Gasteiger partial charge in [-0.1, -0.05) is 82.2 Å². The van der Waals surface area contributed by atoms with Crippen molar-refractivity contribution in [2.45, 2.75) is 64.3 Å². The highest BCUT2D eigenvalue weighted by Gasteiger charge is 2.18. The fraction of sp³-hybridized carbons (Fsp3) is 0.524. The zero-order valence-corrected chi connectivity index (χ0v) is 15.7. The third kappa shape index (κ3) is 6.64. The molecule has 1 aromatic carbocycles. The summed E-state index contributed by atoms with van der Waals surface area (Å²) in [6.07, 6.45) is 11.3. The molecular formula is C21H31N3O2. The predicted octanol–water partition coefficient (Wildman–Crippen LogP) is 4.59. The Hall–Kier alpha value is -2.14. The van der Waals surface area contributed by atoms with Crippen molar-refractivity contribution in [1.29, 1.82) is 0 Å². The van der Waals surface area contributed by atoms with Crippen molar-refractivity contribution < 1.29 is 9.21 Å². The Bertz CT molecular complexity index is 640. The van der Waals surface area contributed by atoms with Gasteiger partial charge in [0.05, 0.1) is 0 Å². The summed E-state index contributed by atoms with van der Waals surface area (Å²) in [5.41, 5.74) is 7.33. The average molecular weight is 357 g/mol. The van der Waals surface area contributed by atoms with Crippen molar-refractivity contribution in [2.75, 3.05) is 6.54 Å². The Morgan fingerprint density at radius 2 is 1.73 bits per heavy atom. The lowest BCUT2D eigenvalue weighted by Crippen LogP contribution is -2.25. The Labute approximate surface area is 156 Å².